The van der Waals surface area contributed by atoms with Crippen molar-refractivity contribution in [3.05, 3.63) is 71.8 Å². The molecule has 0 saturated carbocycles. The number of carboxylic acid groups (broad SMARTS) is 2. The lowest BCUT2D eigenvalue weighted by Gasteiger charge is -2.33. The topological polar surface area (TPSA) is 77.8 Å². The lowest BCUT2D eigenvalue weighted by atomic mass is 9.90. The summed E-state index contributed by atoms with van der Waals surface area (Å²) in [5.41, 5.74) is 2.98. The third kappa shape index (κ3) is 7.29. The molecule has 0 aliphatic carbocycles. The Bertz CT molecular complexity index is 860. The van der Waals surface area contributed by atoms with Gasteiger partial charge in [-0.05, 0) is 56.3 Å². The number of carboxylic acids is 2. The van der Waals surface area contributed by atoms with E-state index in [1.807, 2.05) is 0 Å². The van der Waals surface area contributed by atoms with Crippen molar-refractivity contribution in [3.63, 3.8) is 0 Å². The molecule has 2 heterocycles. The molecule has 2 aromatic carbocycles. The molecule has 2 aliphatic rings. The highest BCUT2D eigenvalue weighted by Crippen LogP contribution is 2.54. The predicted octanol–water partition coefficient (Wildman–Crippen LogP) is 4.82. The van der Waals surface area contributed by atoms with Crippen LogP contribution < -0.4 is 0 Å². The van der Waals surface area contributed by atoms with E-state index >= 15 is 0 Å². The van der Waals surface area contributed by atoms with Crippen molar-refractivity contribution >= 4 is 35.5 Å². The molecular weight excluding hydrogens is 442 g/mol. The van der Waals surface area contributed by atoms with E-state index in [9.17, 15) is 0 Å². The number of likely N-dealkylation sites (tertiary alicyclic amines) is 1. The van der Waals surface area contributed by atoms with E-state index in [0.29, 0.717) is 0 Å². The van der Waals surface area contributed by atoms with Gasteiger partial charge in [0.15, 0.2) is 0 Å². The Morgan fingerprint density at radius 2 is 1.53 bits per heavy atom. The van der Waals surface area contributed by atoms with Crippen LogP contribution in [0.2, 0.25) is 0 Å². The van der Waals surface area contributed by atoms with Crippen LogP contribution in [0.1, 0.15) is 30.9 Å². The fourth-order valence-corrected chi connectivity index (χ4v) is 7.70. The Morgan fingerprint density at radius 3 is 2.09 bits per heavy atom. The standard InChI is InChI=1S/C23H29NS2.C2H2O4/c1-23(21-10-6-3-7-11-21)25-18-22(26-23)17-24-14-12-20(13-15-24)16-19-8-4-2-5-9-19;3-1(4)2(5)6/h2-11,20,22H,12-18H2,1H3;(H,3,4)(H,5,6)/t22-,23+;/m1./s1. The van der Waals surface area contributed by atoms with Gasteiger partial charge in [0.05, 0.1) is 4.08 Å². The van der Waals surface area contributed by atoms with Crippen molar-refractivity contribution in [3.8, 4) is 0 Å². The molecule has 7 heteroatoms. The zero-order valence-corrected chi connectivity index (χ0v) is 20.0. The maximum absolute atomic E-state index is 9.10. The first-order valence-electron chi connectivity index (χ1n) is 11.0. The van der Waals surface area contributed by atoms with E-state index in [1.54, 1.807) is 0 Å². The summed E-state index contributed by atoms with van der Waals surface area (Å²) in [6, 6.07) is 22.1. The van der Waals surface area contributed by atoms with Gasteiger partial charge in [0, 0.05) is 17.5 Å². The molecule has 2 saturated heterocycles. The van der Waals surface area contributed by atoms with Crippen molar-refractivity contribution < 1.29 is 19.8 Å². The average Bonchev–Trinajstić information content (AvgIpc) is 3.18. The molecule has 2 N–H and O–H groups in total. The highest BCUT2D eigenvalue weighted by molar-refractivity contribution is 8.20. The number of piperidine rings is 1. The molecule has 0 radical (unpaired) electrons. The Balaban J connectivity index is 0.000000427. The molecule has 2 atom stereocenters. The van der Waals surface area contributed by atoms with Crippen LogP contribution in [-0.2, 0) is 20.1 Å². The van der Waals surface area contributed by atoms with E-state index < -0.39 is 11.9 Å². The van der Waals surface area contributed by atoms with E-state index in [2.05, 4.69) is 96.0 Å². The summed E-state index contributed by atoms with van der Waals surface area (Å²) in [6.07, 6.45) is 3.97. The molecule has 2 aromatic rings. The maximum atomic E-state index is 9.10. The van der Waals surface area contributed by atoms with Crippen LogP contribution in [0.5, 0.6) is 0 Å². The third-order valence-electron chi connectivity index (χ3n) is 5.95. The van der Waals surface area contributed by atoms with Gasteiger partial charge < -0.3 is 15.1 Å². The number of hydrogen-bond donors (Lipinski definition) is 2. The van der Waals surface area contributed by atoms with E-state index in [0.717, 1.165) is 11.2 Å². The number of benzene rings is 2. The lowest BCUT2D eigenvalue weighted by molar-refractivity contribution is -0.159. The zero-order chi connectivity index (χ0) is 23.0. The van der Waals surface area contributed by atoms with Crippen LogP contribution in [-0.4, -0.2) is 57.7 Å². The largest absolute Gasteiger partial charge is 0.473 e. The molecule has 2 aliphatic heterocycles. The molecule has 5 nitrogen and oxygen atoms in total. The highest BCUT2D eigenvalue weighted by atomic mass is 32.2. The fraction of sp³-hybridized carbons (Fsp3) is 0.440. The average molecular weight is 474 g/mol. The third-order valence-corrected chi connectivity index (χ3v) is 9.50. The van der Waals surface area contributed by atoms with E-state index in [4.69, 9.17) is 19.8 Å². The van der Waals surface area contributed by atoms with Crippen molar-refractivity contribution in [2.24, 2.45) is 5.92 Å². The second-order valence-corrected chi connectivity index (χ2v) is 11.8. The molecule has 32 heavy (non-hydrogen) atoms. The number of carbonyl (C=O) groups is 2. The molecular formula is C25H31NO4S2. The second kappa shape index (κ2) is 11.8. The van der Waals surface area contributed by atoms with Gasteiger partial charge in [0.25, 0.3) is 0 Å². The maximum Gasteiger partial charge on any atom is 0.414 e. The van der Waals surface area contributed by atoms with Crippen LogP contribution in [0.15, 0.2) is 60.7 Å². The van der Waals surface area contributed by atoms with Crippen molar-refractivity contribution in [2.75, 3.05) is 25.4 Å². The molecule has 0 bridgehead atoms. The minimum absolute atomic E-state index is 0.234. The summed E-state index contributed by atoms with van der Waals surface area (Å²) in [4.78, 5) is 20.9. The minimum Gasteiger partial charge on any atom is -0.473 e. The number of nitrogens with zero attached hydrogens (tertiary/aromatic N) is 1. The van der Waals surface area contributed by atoms with Gasteiger partial charge >= 0.3 is 11.9 Å². The summed E-state index contributed by atoms with van der Waals surface area (Å²) < 4.78 is 0.234. The van der Waals surface area contributed by atoms with E-state index in [1.165, 1.54) is 55.8 Å². The van der Waals surface area contributed by atoms with Crippen LogP contribution in [0.25, 0.3) is 0 Å². The van der Waals surface area contributed by atoms with Gasteiger partial charge in [-0.25, -0.2) is 9.59 Å². The molecule has 2 fully saturated rings. The predicted molar refractivity (Wildman–Crippen MR) is 132 cm³/mol. The number of rotatable bonds is 5. The quantitative estimate of drug-likeness (QED) is 0.603. The summed E-state index contributed by atoms with van der Waals surface area (Å²) in [5.74, 6) is -1.50. The monoisotopic (exact) mass is 473 g/mol. The fourth-order valence-electron chi connectivity index (χ4n) is 4.23. The van der Waals surface area contributed by atoms with Crippen LogP contribution in [0, 0.1) is 5.92 Å². The molecule has 4 rings (SSSR count). The smallest absolute Gasteiger partial charge is 0.414 e. The first-order chi connectivity index (χ1) is 15.4. The molecule has 0 aromatic heterocycles. The van der Waals surface area contributed by atoms with Crippen molar-refractivity contribution in [1.29, 1.82) is 0 Å². The number of hydrogen-bond acceptors (Lipinski definition) is 5. The van der Waals surface area contributed by atoms with Gasteiger partial charge in [-0.3, -0.25) is 0 Å². The summed E-state index contributed by atoms with van der Waals surface area (Å²) in [7, 11) is 0. The van der Waals surface area contributed by atoms with E-state index in [-0.39, 0.29) is 4.08 Å². The van der Waals surface area contributed by atoms with Crippen molar-refractivity contribution in [1.82, 2.24) is 4.90 Å². The minimum atomic E-state index is -1.82. The van der Waals surface area contributed by atoms with Crippen LogP contribution in [0.3, 0.4) is 0 Å². The number of aliphatic carboxylic acids is 2. The Hall–Kier alpha value is -1.96. The van der Waals surface area contributed by atoms with Crippen LogP contribution >= 0.6 is 23.5 Å². The lowest BCUT2D eigenvalue weighted by Crippen LogP contribution is -2.38. The molecule has 0 spiro atoms. The Labute approximate surface area is 198 Å². The summed E-state index contributed by atoms with van der Waals surface area (Å²) in [6.45, 7) is 6.23. The summed E-state index contributed by atoms with van der Waals surface area (Å²) >= 11 is 4.32. The zero-order valence-electron chi connectivity index (χ0n) is 18.4. The van der Waals surface area contributed by atoms with Crippen molar-refractivity contribution in [2.45, 2.75) is 35.5 Å². The molecule has 172 valence electrons. The second-order valence-electron chi connectivity index (χ2n) is 8.41. The SMILES string of the molecule is C[C@]1(c2ccccc2)SC[C@@H](CN2CCC(Cc3ccccc3)CC2)S1.O=C(O)C(=O)O. The first-order valence-corrected chi connectivity index (χ1v) is 12.8. The van der Waals surface area contributed by atoms with Gasteiger partial charge in [0.1, 0.15) is 0 Å². The number of thioether (sulfide) groups is 2. The molecule has 0 unspecified atom stereocenters. The van der Waals surface area contributed by atoms with Crippen LogP contribution in [0.4, 0.5) is 0 Å². The summed E-state index contributed by atoms with van der Waals surface area (Å²) in [5, 5.41) is 15.5. The van der Waals surface area contributed by atoms with Gasteiger partial charge in [0.2, 0.25) is 0 Å². The van der Waals surface area contributed by atoms with Gasteiger partial charge in [-0.15, -0.1) is 23.5 Å². The first kappa shape index (κ1) is 24.7. The Morgan fingerprint density at radius 1 is 0.969 bits per heavy atom. The highest BCUT2D eigenvalue weighted by Gasteiger charge is 2.38. The Kier molecular flexibility index (Phi) is 9.08. The normalized spacial score (nSPS) is 23.8. The van der Waals surface area contributed by atoms with Gasteiger partial charge in [-0.1, -0.05) is 60.7 Å². The van der Waals surface area contributed by atoms with Gasteiger partial charge in [-0.2, -0.15) is 0 Å². The molecule has 0 amide bonds.